The first-order chi connectivity index (χ1) is 7.90. The average Bonchev–Trinajstić information content (AvgIpc) is 2.38. The molecule has 1 fully saturated rings. The first-order valence-corrected chi connectivity index (χ1v) is 6.40. The number of piperidine rings is 1. The maximum atomic E-state index is 3.48. The quantitative estimate of drug-likeness (QED) is 0.810. The second-order valence-corrected chi connectivity index (χ2v) is 4.57. The predicted molar refractivity (Wildman–Crippen MR) is 68.7 cm³/mol. The van der Waals surface area contributed by atoms with Gasteiger partial charge in [-0.25, -0.2) is 0 Å². The summed E-state index contributed by atoms with van der Waals surface area (Å²) in [5, 5.41) is 6.86. The highest BCUT2D eigenvalue weighted by atomic mass is 14.9. The normalized spacial score (nSPS) is 20.9. The van der Waals surface area contributed by atoms with Crippen LogP contribution in [0.2, 0.25) is 0 Å². The summed E-state index contributed by atoms with van der Waals surface area (Å²) in [6.45, 7) is 6.51. The monoisotopic (exact) mass is 218 g/mol. The Kier molecular flexibility index (Phi) is 4.37. The van der Waals surface area contributed by atoms with E-state index >= 15 is 0 Å². The van der Waals surface area contributed by atoms with Gasteiger partial charge in [-0.2, -0.15) is 0 Å². The molecule has 0 aliphatic carbocycles. The highest BCUT2D eigenvalue weighted by Crippen LogP contribution is 2.23. The minimum absolute atomic E-state index is 0.718. The lowest BCUT2D eigenvalue weighted by atomic mass is 9.91. The summed E-state index contributed by atoms with van der Waals surface area (Å²) >= 11 is 0. The SMILES string of the molecule is CCNCc1cccc(C2CCCNC2)c1. The van der Waals surface area contributed by atoms with Crippen molar-refractivity contribution in [2.24, 2.45) is 0 Å². The zero-order chi connectivity index (χ0) is 11.2. The van der Waals surface area contributed by atoms with Gasteiger partial charge in [0, 0.05) is 13.1 Å². The summed E-state index contributed by atoms with van der Waals surface area (Å²) in [5.74, 6) is 0.718. The molecule has 0 amide bonds. The van der Waals surface area contributed by atoms with Crippen LogP contribution in [-0.2, 0) is 6.54 Å². The smallest absolute Gasteiger partial charge is 0.0205 e. The van der Waals surface area contributed by atoms with Crippen LogP contribution in [0, 0.1) is 0 Å². The molecule has 2 rings (SSSR count). The fourth-order valence-electron chi connectivity index (χ4n) is 2.36. The fourth-order valence-corrected chi connectivity index (χ4v) is 2.36. The van der Waals surface area contributed by atoms with E-state index in [1.807, 2.05) is 0 Å². The van der Waals surface area contributed by atoms with E-state index in [2.05, 4.69) is 41.8 Å². The Morgan fingerprint density at radius 3 is 3.12 bits per heavy atom. The molecule has 0 aromatic heterocycles. The average molecular weight is 218 g/mol. The number of hydrogen-bond acceptors (Lipinski definition) is 2. The molecular formula is C14H22N2. The van der Waals surface area contributed by atoms with Gasteiger partial charge in [0.1, 0.15) is 0 Å². The third-order valence-corrected chi connectivity index (χ3v) is 3.30. The summed E-state index contributed by atoms with van der Waals surface area (Å²) in [7, 11) is 0. The Morgan fingerprint density at radius 1 is 1.44 bits per heavy atom. The lowest BCUT2D eigenvalue weighted by molar-refractivity contribution is 0.461. The Labute approximate surface area is 98.4 Å². The second-order valence-electron chi connectivity index (χ2n) is 4.57. The molecule has 88 valence electrons. The molecule has 0 spiro atoms. The summed E-state index contributed by atoms with van der Waals surface area (Å²) in [6.07, 6.45) is 2.64. The van der Waals surface area contributed by atoms with Crippen LogP contribution < -0.4 is 10.6 Å². The van der Waals surface area contributed by atoms with Gasteiger partial charge in [-0.1, -0.05) is 31.2 Å². The molecule has 1 aromatic rings. The van der Waals surface area contributed by atoms with Crippen LogP contribution in [0.25, 0.3) is 0 Å². The molecule has 1 unspecified atom stereocenters. The molecule has 2 nitrogen and oxygen atoms in total. The summed E-state index contributed by atoms with van der Waals surface area (Å²) in [6, 6.07) is 9.03. The summed E-state index contributed by atoms with van der Waals surface area (Å²) in [4.78, 5) is 0. The van der Waals surface area contributed by atoms with Crippen molar-refractivity contribution in [2.75, 3.05) is 19.6 Å². The number of nitrogens with one attached hydrogen (secondary N) is 2. The van der Waals surface area contributed by atoms with Crippen molar-refractivity contribution in [1.82, 2.24) is 10.6 Å². The zero-order valence-electron chi connectivity index (χ0n) is 10.1. The minimum Gasteiger partial charge on any atom is -0.316 e. The van der Waals surface area contributed by atoms with E-state index in [0.29, 0.717) is 0 Å². The van der Waals surface area contributed by atoms with Crippen LogP contribution >= 0.6 is 0 Å². The third kappa shape index (κ3) is 3.06. The van der Waals surface area contributed by atoms with Crippen LogP contribution in [0.4, 0.5) is 0 Å². The van der Waals surface area contributed by atoms with E-state index in [-0.39, 0.29) is 0 Å². The molecule has 1 saturated heterocycles. The molecule has 0 radical (unpaired) electrons. The van der Waals surface area contributed by atoms with Crippen LogP contribution in [0.1, 0.15) is 36.8 Å². The van der Waals surface area contributed by atoms with Gasteiger partial charge >= 0.3 is 0 Å². The van der Waals surface area contributed by atoms with E-state index in [0.717, 1.165) is 25.6 Å². The van der Waals surface area contributed by atoms with E-state index in [1.54, 1.807) is 0 Å². The zero-order valence-corrected chi connectivity index (χ0v) is 10.1. The second kappa shape index (κ2) is 6.02. The molecule has 2 heteroatoms. The van der Waals surface area contributed by atoms with Crippen molar-refractivity contribution in [2.45, 2.75) is 32.2 Å². The number of hydrogen-bond donors (Lipinski definition) is 2. The molecule has 1 aliphatic rings. The van der Waals surface area contributed by atoms with Gasteiger partial charge in [-0.15, -0.1) is 0 Å². The Hall–Kier alpha value is -0.860. The van der Waals surface area contributed by atoms with Crippen molar-refractivity contribution in [3.05, 3.63) is 35.4 Å². The highest BCUT2D eigenvalue weighted by molar-refractivity contribution is 5.27. The largest absolute Gasteiger partial charge is 0.316 e. The van der Waals surface area contributed by atoms with Crippen molar-refractivity contribution >= 4 is 0 Å². The van der Waals surface area contributed by atoms with Gasteiger partial charge in [0.2, 0.25) is 0 Å². The molecular weight excluding hydrogens is 196 g/mol. The first kappa shape index (κ1) is 11.6. The maximum absolute atomic E-state index is 3.48. The molecule has 2 N–H and O–H groups in total. The van der Waals surface area contributed by atoms with Crippen molar-refractivity contribution in [1.29, 1.82) is 0 Å². The lowest BCUT2D eigenvalue weighted by Gasteiger charge is -2.23. The Morgan fingerprint density at radius 2 is 2.38 bits per heavy atom. The van der Waals surface area contributed by atoms with Gasteiger partial charge in [-0.05, 0) is 43.0 Å². The van der Waals surface area contributed by atoms with Crippen molar-refractivity contribution < 1.29 is 0 Å². The summed E-state index contributed by atoms with van der Waals surface area (Å²) in [5.41, 5.74) is 2.91. The highest BCUT2D eigenvalue weighted by Gasteiger charge is 2.14. The van der Waals surface area contributed by atoms with E-state index in [4.69, 9.17) is 0 Å². The Bertz CT molecular complexity index is 316. The third-order valence-electron chi connectivity index (χ3n) is 3.30. The maximum Gasteiger partial charge on any atom is 0.0205 e. The fraction of sp³-hybridized carbons (Fsp3) is 0.571. The molecule has 0 bridgehead atoms. The van der Waals surface area contributed by atoms with Gasteiger partial charge in [0.05, 0.1) is 0 Å². The standard InChI is InChI=1S/C14H22N2/c1-2-15-10-12-5-3-6-13(9-12)14-7-4-8-16-11-14/h3,5-6,9,14-16H,2,4,7-8,10-11H2,1H3. The van der Waals surface area contributed by atoms with Crippen LogP contribution in [0.15, 0.2) is 24.3 Å². The van der Waals surface area contributed by atoms with Crippen molar-refractivity contribution in [3.63, 3.8) is 0 Å². The molecule has 1 atom stereocenters. The first-order valence-electron chi connectivity index (χ1n) is 6.40. The minimum atomic E-state index is 0.718. The lowest BCUT2D eigenvalue weighted by Crippen LogP contribution is -2.28. The topological polar surface area (TPSA) is 24.1 Å². The van der Waals surface area contributed by atoms with Crippen LogP contribution in [0.5, 0.6) is 0 Å². The summed E-state index contributed by atoms with van der Waals surface area (Å²) < 4.78 is 0. The molecule has 1 aromatic carbocycles. The number of rotatable bonds is 4. The molecule has 16 heavy (non-hydrogen) atoms. The predicted octanol–water partition coefficient (Wildman–Crippen LogP) is 2.26. The van der Waals surface area contributed by atoms with Gasteiger partial charge in [-0.3, -0.25) is 0 Å². The van der Waals surface area contributed by atoms with Crippen LogP contribution in [0.3, 0.4) is 0 Å². The molecule has 1 heterocycles. The van der Waals surface area contributed by atoms with Crippen molar-refractivity contribution in [3.8, 4) is 0 Å². The van der Waals surface area contributed by atoms with Gasteiger partial charge in [0.15, 0.2) is 0 Å². The van der Waals surface area contributed by atoms with E-state index < -0.39 is 0 Å². The Balaban J connectivity index is 2.02. The number of benzene rings is 1. The van der Waals surface area contributed by atoms with E-state index in [9.17, 15) is 0 Å². The van der Waals surface area contributed by atoms with Crippen LogP contribution in [-0.4, -0.2) is 19.6 Å². The molecule has 1 aliphatic heterocycles. The van der Waals surface area contributed by atoms with Gasteiger partial charge in [0.25, 0.3) is 0 Å². The molecule has 0 saturated carbocycles. The van der Waals surface area contributed by atoms with E-state index in [1.165, 1.54) is 30.5 Å². The van der Waals surface area contributed by atoms with Gasteiger partial charge < -0.3 is 10.6 Å².